The van der Waals surface area contributed by atoms with Crippen LogP contribution in [0.2, 0.25) is 5.02 Å². The predicted octanol–water partition coefficient (Wildman–Crippen LogP) is 4.77. The maximum Gasteiger partial charge on any atom is 0.338 e. The van der Waals surface area contributed by atoms with Gasteiger partial charge in [-0.3, -0.25) is 9.36 Å². The molecule has 4 heterocycles. The van der Waals surface area contributed by atoms with E-state index in [0.29, 0.717) is 37.1 Å². The maximum absolute atomic E-state index is 13.5. The van der Waals surface area contributed by atoms with Crippen molar-refractivity contribution in [2.24, 2.45) is 4.99 Å². The van der Waals surface area contributed by atoms with Crippen LogP contribution in [0, 0.1) is 0 Å². The molecule has 0 saturated carbocycles. The Kier molecular flexibility index (Phi) is 6.12. The second kappa shape index (κ2) is 9.21. The summed E-state index contributed by atoms with van der Waals surface area (Å²) in [4.78, 5) is 32.3. The summed E-state index contributed by atoms with van der Waals surface area (Å²) >= 11 is 8.72. The number of thiophene rings is 1. The van der Waals surface area contributed by atoms with Crippen LogP contribution < -0.4 is 14.9 Å². The lowest BCUT2D eigenvalue weighted by Crippen LogP contribution is -2.39. The van der Waals surface area contributed by atoms with Gasteiger partial charge in [0.05, 0.1) is 22.4 Å². The molecule has 4 aromatic rings. The Morgan fingerprint density at radius 2 is 2.03 bits per heavy atom. The van der Waals surface area contributed by atoms with Gasteiger partial charge in [-0.25, -0.2) is 9.79 Å². The van der Waals surface area contributed by atoms with Gasteiger partial charge in [0.15, 0.2) is 4.80 Å². The van der Waals surface area contributed by atoms with Crippen molar-refractivity contribution >= 4 is 46.3 Å². The van der Waals surface area contributed by atoms with Gasteiger partial charge in [-0.15, -0.1) is 11.3 Å². The van der Waals surface area contributed by atoms with Gasteiger partial charge in [0, 0.05) is 21.5 Å². The van der Waals surface area contributed by atoms with Crippen LogP contribution in [0.1, 0.15) is 30.5 Å². The van der Waals surface area contributed by atoms with Crippen LogP contribution in [-0.2, 0) is 9.53 Å². The fourth-order valence-corrected chi connectivity index (χ4v) is 5.81. The smallest absolute Gasteiger partial charge is 0.338 e. The molecule has 1 aliphatic rings. The van der Waals surface area contributed by atoms with Crippen molar-refractivity contribution in [1.29, 1.82) is 0 Å². The van der Waals surface area contributed by atoms with Gasteiger partial charge in [-0.2, -0.15) is 0 Å². The van der Waals surface area contributed by atoms with Crippen molar-refractivity contribution in [2.45, 2.75) is 19.9 Å². The first-order chi connectivity index (χ1) is 16.5. The van der Waals surface area contributed by atoms with Crippen molar-refractivity contribution in [3.63, 3.8) is 0 Å². The lowest BCUT2D eigenvalue weighted by atomic mass is 10.0. The van der Waals surface area contributed by atoms with Gasteiger partial charge >= 0.3 is 5.97 Å². The van der Waals surface area contributed by atoms with Gasteiger partial charge in [0.1, 0.15) is 17.6 Å². The molecule has 6 nitrogen and oxygen atoms in total. The summed E-state index contributed by atoms with van der Waals surface area (Å²) in [6.07, 6.45) is 1.71. The third-order valence-corrected chi connectivity index (χ3v) is 7.52. The second-order valence-electron chi connectivity index (χ2n) is 7.53. The zero-order chi connectivity index (χ0) is 23.8. The molecule has 0 N–H and O–H groups in total. The van der Waals surface area contributed by atoms with E-state index in [0.717, 1.165) is 10.4 Å². The van der Waals surface area contributed by atoms with Crippen LogP contribution in [0.15, 0.2) is 79.4 Å². The highest BCUT2D eigenvalue weighted by Crippen LogP contribution is 2.33. The number of rotatable bonds is 5. The van der Waals surface area contributed by atoms with E-state index in [2.05, 4.69) is 4.99 Å². The zero-order valence-corrected chi connectivity index (χ0v) is 20.7. The third-order valence-electron chi connectivity index (χ3n) is 5.36. The highest BCUT2D eigenvalue weighted by atomic mass is 35.5. The Balaban J connectivity index is 1.61. The summed E-state index contributed by atoms with van der Waals surface area (Å²) in [6, 6.07) is 14.2. The molecule has 34 heavy (non-hydrogen) atoms. The average molecular weight is 511 g/mol. The molecule has 0 radical (unpaired) electrons. The molecule has 0 saturated heterocycles. The quantitative estimate of drug-likeness (QED) is 0.362. The number of ether oxygens (including phenoxy) is 1. The topological polar surface area (TPSA) is 73.8 Å². The third kappa shape index (κ3) is 4.09. The average Bonchev–Trinajstić information content (AvgIpc) is 3.56. The predicted molar refractivity (Wildman–Crippen MR) is 134 cm³/mol. The molecular formula is C25H19ClN2O4S2. The molecule has 0 bridgehead atoms. The number of furan rings is 1. The molecule has 1 aliphatic heterocycles. The highest BCUT2D eigenvalue weighted by Gasteiger charge is 2.33. The largest absolute Gasteiger partial charge is 0.463 e. The van der Waals surface area contributed by atoms with Gasteiger partial charge in [-0.1, -0.05) is 29.0 Å². The van der Waals surface area contributed by atoms with E-state index in [-0.39, 0.29) is 12.2 Å². The van der Waals surface area contributed by atoms with Crippen molar-refractivity contribution in [2.75, 3.05) is 6.61 Å². The number of nitrogens with zero attached hydrogens (tertiary/aromatic N) is 2. The summed E-state index contributed by atoms with van der Waals surface area (Å²) in [5, 5.41) is 2.57. The maximum atomic E-state index is 13.5. The monoisotopic (exact) mass is 510 g/mol. The summed E-state index contributed by atoms with van der Waals surface area (Å²) in [5.41, 5.74) is 1.58. The fourth-order valence-electron chi connectivity index (χ4n) is 3.84. The number of benzene rings is 1. The molecule has 1 aromatic carbocycles. The van der Waals surface area contributed by atoms with Crippen molar-refractivity contribution in [3.8, 4) is 11.3 Å². The first-order valence-corrected chi connectivity index (χ1v) is 12.6. The second-order valence-corrected chi connectivity index (χ2v) is 9.95. The summed E-state index contributed by atoms with van der Waals surface area (Å²) in [5.74, 6) is 0.756. The Morgan fingerprint density at radius 3 is 2.74 bits per heavy atom. The number of allylic oxidation sites excluding steroid dienone is 1. The van der Waals surface area contributed by atoms with Crippen molar-refractivity contribution in [1.82, 2.24) is 4.57 Å². The Bertz CT molecular complexity index is 1570. The molecule has 172 valence electrons. The molecule has 1 unspecified atom stereocenters. The minimum Gasteiger partial charge on any atom is -0.463 e. The Morgan fingerprint density at radius 1 is 1.24 bits per heavy atom. The number of halogens is 1. The van der Waals surface area contributed by atoms with E-state index < -0.39 is 12.0 Å². The minimum absolute atomic E-state index is 0.235. The number of carbonyl (C=O) groups is 1. The van der Waals surface area contributed by atoms with E-state index in [9.17, 15) is 9.59 Å². The zero-order valence-electron chi connectivity index (χ0n) is 18.3. The number of esters is 1. The lowest BCUT2D eigenvalue weighted by molar-refractivity contribution is -0.139. The van der Waals surface area contributed by atoms with Crippen LogP contribution >= 0.6 is 34.3 Å². The van der Waals surface area contributed by atoms with Crippen LogP contribution in [0.3, 0.4) is 0 Å². The molecule has 3 aromatic heterocycles. The number of thiazole rings is 1. The number of carbonyl (C=O) groups excluding carboxylic acids is 1. The minimum atomic E-state index is -0.585. The van der Waals surface area contributed by atoms with E-state index in [1.54, 1.807) is 36.6 Å². The van der Waals surface area contributed by atoms with Crippen molar-refractivity contribution in [3.05, 3.63) is 101 Å². The van der Waals surface area contributed by atoms with E-state index in [4.69, 9.17) is 20.8 Å². The van der Waals surface area contributed by atoms with E-state index in [1.165, 1.54) is 22.7 Å². The number of hydrogen-bond donors (Lipinski definition) is 0. The van der Waals surface area contributed by atoms with Crippen LogP contribution in [0.25, 0.3) is 17.4 Å². The summed E-state index contributed by atoms with van der Waals surface area (Å²) in [6.45, 7) is 3.77. The molecule has 0 aliphatic carbocycles. The summed E-state index contributed by atoms with van der Waals surface area (Å²) < 4.78 is 13.3. The number of aromatic nitrogens is 1. The Labute approximate surface area is 207 Å². The summed E-state index contributed by atoms with van der Waals surface area (Å²) in [7, 11) is 0. The molecule has 5 rings (SSSR count). The Hall–Kier alpha value is -3.20. The first kappa shape index (κ1) is 22.6. The van der Waals surface area contributed by atoms with Gasteiger partial charge in [-0.05, 0) is 61.7 Å². The molecule has 9 heteroatoms. The molecular weight excluding hydrogens is 492 g/mol. The fraction of sp³-hybridized carbons (Fsp3) is 0.160. The van der Waals surface area contributed by atoms with Crippen LogP contribution in [0.4, 0.5) is 0 Å². The number of fused-ring (bicyclic) bond motifs is 1. The standard InChI is InChI=1S/C25H19ClN2O4S2/c1-3-31-24(30)21-14(2)27-25-28(22(21)19-5-4-12-33-19)23(29)20(34-25)13-17-10-11-18(32-17)15-6-8-16(26)9-7-15/h4-13,22H,3H2,1-2H3/b20-13-. The van der Waals surface area contributed by atoms with Crippen LogP contribution in [-0.4, -0.2) is 17.1 Å². The normalized spacial score (nSPS) is 15.9. The van der Waals surface area contributed by atoms with Gasteiger partial charge < -0.3 is 9.15 Å². The van der Waals surface area contributed by atoms with E-state index >= 15 is 0 Å². The van der Waals surface area contributed by atoms with Crippen molar-refractivity contribution < 1.29 is 13.9 Å². The van der Waals surface area contributed by atoms with E-state index in [1.807, 2.05) is 41.8 Å². The molecule has 1 atom stereocenters. The SMILES string of the molecule is CCOC(=O)C1=C(C)N=c2s/c(=C\c3ccc(-c4ccc(Cl)cc4)o3)c(=O)n2C1c1cccs1. The van der Waals surface area contributed by atoms with Gasteiger partial charge in [0.2, 0.25) is 0 Å². The lowest BCUT2D eigenvalue weighted by Gasteiger charge is -2.23. The number of hydrogen-bond acceptors (Lipinski definition) is 7. The van der Waals surface area contributed by atoms with Gasteiger partial charge in [0.25, 0.3) is 5.56 Å². The molecule has 0 fully saturated rings. The first-order valence-electron chi connectivity index (χ1n) is 10.5. The van der Waals surface area contributed by atoms with Crippen LogP contribution in [0.5, 0.6) is 0 Å². The highest BCUT2D eigenvalue weighted by molar-refractivity contribution is 7.10. The molecule has 0 amide bonds. The molecule has 0 spiro atoms.